The summed E-state index contributed by atoms with van der Waals surface area (Å²) in [6, 6.07) is 1.61. The third-order valence-corrected chi connectivity index (χ3v) is 1.91. The summed E-state index contributed by atoms with van der Waals surface area (Å²) in [6.45, 7) is -1.95. The predicted molar refractivity (Wildman–Crippen MR) is 48.0 cm³/mol. The van der Waals surface area contributed by atoms with E-state index in [4.69, 9.17) is 11.6 Å². The first-order valence-electron chi connectivity index (χ1n) is 3.86. The van der Waals surface area contributed by atoms with Gasteiger partial charge in [-0.3, -0.25) is 4.79 Å². The molecule has 0 fully saturated rings. The molecule has 0 spiro atoms. The number of carbonyl (C=O) groups excluding carboxylic acids is 1. The van der Waals surface area contributed by atoms with E-state index in [1.807, 2.05) is 0 Å². The van der Waals surface area contributed by atoms with E-state index in [1.54, 1.807) is 0 Å². The normalized spacial score (nSPS) is 10.5. The summed E-state index contributed by atoms with van der Waals surface area (Å²) in [4.78, 5) is 10.9. The zero-order valence-electron chi connectivity index (χ0n) is 7.56. The predicted octanol–water partition coefficient (Wildman–Crippen LogP) is 3.28. The van der Waals surface area contributed by atoms with Gasteiger partial charge in [-0.05, 0) is 13.0 Å². The van der Waals surface area contributed by atoms with Crippen LogP contribution >= 0.6 is 11.6 Å². The highest BCUT2D eigenvalue weighted by Crippen LogP contribution is 2.29. The van der Waals surface area contributed by atoms with E-state index in [-0.39, 0.29) is 10.6 Å². The van der Waals surface area contributed by atoms with Crippen LogP contribution in [-0.4, -0.2) is 12.4 Å². The molecule has 0 aromatic heterocycles. The average molecular weight is 239 g/mol. The van der Waals surface area contributed by atoms with Gasteiger partial charge in [-0.1, -0.05) is 11.6 Å². The maximum absolute atomic E-state index is 13.1. The molecule has 0 aliphatic carbocycles. The highest BCUT2D eigenvalue weighted by Gasteiger charge is 2.15. The second-order valence-electron chi connectivity index (χ2n) is 2.70. The summed E-state index contributed by atoms with van der Waals surface area (Å²) in [5.74, 6) is -1.98. The van der Waals surface area contributed by atoms with Crippen LogP contribution in [0.15, 0.2) is 12.1 Å². The second-order valence-corrected chi connectivity index (χ2v) is 3.10. The molecule has 0 bridgehead atoms. The minimum atomic E-state index is -3.09. The van der Waals surface area contributed by atoms with E-state index >= 15 is 0 Å². The number of hydrogen-bond donors (Lipinski definition) is 0. The summed E-state index contributed by atoms with van der Waals surface area (Å²) in [7, 11) is 0. The first-order chi connectivity index (χ1) is 6.91. The Bertz CT molecular complexity index is 393. The van der Waals surface area contributed by atoms with Crippen LogP contribution in [0.1, 0.15) is 17.3 Å². The first-order valence-corrected chi connectivity index (χ1v) is 4.24. The molecular weight excluding hydrogens is 233 g/mol. The Hall–Kier alpha value is -1.23. The lowest BCUT2D eigenvalue weighted by Crippen LogP contribution is -2.04. The number of alkyl halides is 2. The molecule has 1 rings (SSSR count). The lowest BCUT2D eigenvalue weighted by molar-refractivity contribution is -0.0499. The fourth-order valence-corrected chi connectivity index (χ4v) is 1.19. The van der Waals surface area contributed by atoms with Gasteiger partial charge in [0.1, 0.15) is 11.6 Å². The minimum Gasteiger partial charge on any atom is -0.433 e. The zero-order valence-corrected chi connectivity index (χ0v) is 8.32. The molecule has 2 nitrogen and oxygen atoms in total. The van der Waals surface area contributed by atoms with E-state index in [9.17, 15) is 18.0 Å². The summed E-state index contributed by atoms with van der Waals surface area (Å²) >= 11 is 5.51. The van der Waals surface area contributed by atoms with Crippen LogP contribution in [0, 0.1) is 5.82 Å². The average Bonchev–Trinajstić information content (AvgIpc) is 2.09. The molecule has 0 unspecified atom stereocenters. The lowest BCUT2D eigenvalue weighted by atomic mass is 10.1. The number of ether oxygens (including phenoxy) is 1. The summed E-state index contributed by atoms with van der Waals surface area (Å²) < 4.78 is 40.7. The molecule has 82 valence electrons. The van der Waals surface area contributed by atoms with Crippen LogP contribution in [0.2, 0.25) is 5.02 Å². The lowest BCUT2D eigenvalue weighted by Gasteiger charge is -2.08. The van der Waals surface area contributed by atoms with E-state index in [0.717, 1.165) is 13.0 Å². The van der Waals surface area contributed by atoms with E-state index in [2.05, 4.69) is 4.74 Å². The molecule has 0 N–H and O–H groups in total. The molecule has 0 aliphatic heterocycles. The van der Waals surface area contributed by atoms with Crippen LogP contribution in [0.3, 0.4) is 0 Å². The van der Waals surface area contributed by atoms with Crippen LogP contribution in [0.5, 0.6) is 5.75 Å². The van der Waals surface area contributed by atoms with Gasteiger partial charge in [-0.2, -0.15) is 8.78 Å². The maximum Gasteiger partial charge on any atom is 0.387 e. The van der Waals surface area contributed by atoms with Crippen LogP contribution in [0.4, 0.5) is 13.2 Å². The van der Waals surface area contributed by atoms with Gasteiger partial charge in [-0.15, -0.1) is 0 Å². The number of benzene rings is 1. The van der Waals surface area contributed by atoms with Crippen LogP contribution in [0.25, 0.3) is 0 Å². The van der Waals surface area contributed by atoms with Crippen molar-refractivity contribution in [1.82, 2.24) is 0 Å². The Kier molecular flexibility index (Phi) is 3.57. The fourth-order valence-electron chi connectivity index (χ4n) is 0.985. The van der Waals surface area contributed by atoms with Crippen LogP contribution < -0.4 is 4.74 Å². The second kappa shape index (κ2) is 4.53. The largest absolute Gasteiger partial charge is 0.433 e. The maximum atomic E-state index is 13.1. The van der Waals surface area contributed by atoms with Gasteiger partial charge in [-0.25, -0.2) is 4.39 Å². The minimum absolute atomic E-state index is 0.234. The van der Waals surface area contributed by atoms with Crippen molar-refractivity contribution in [2.75, 3.05) is 0 Å². The molecule has 0 heterocycles. The monoisotopic (exact) mass is 238 g/mol. The molecule has 1 aromatic rings. The Morgan fingerprint density at radius 1 is 1.47 bits per heavy atom. The quantitative estimate of drug-likeness (QED) is 0.756. The van der Waals surface area contributed by atoms with E-state index in [1.165, 1.54) is 0 Å². The highest BCUT2D eigenvalue weighted by molar-refractivity contribution is 6.32. The van der Waals surface area contributed by atoms with Crippen molar-refractivity contribution >= 4 is 17.4 Å². The summed E-state index contributed by atoms with van der Waals surface area (Å²) in [5.41, 5.74) is -0.262. The number of hydrogen-bond acceptors (Lipinski definition) is 2. The fraction of sp³-hybridized carbons (Fsp3) is 0.222. The Morgan fingerprint density at radius 2 is 2.07 bits per heavy atom. The molecule has 0 saturated heterocycles. The van der Waals surface area contributed by atoms with Crippen molar-refractivity contribution in [1.29, 1.82) is 0 Å². The topological polar surface area (TPSA) is 26.3 Å². The van der Waals surface area contributed by atoms with Gasteiger partial charge in [0.05, 0.1) is 10.6 Å². The van der Waals surface area contributed by atoms with Gasteiger partial charge in [0, 0.05) is 6.07 Å². The Labute approximate surface area is 88.6 Å². The molecule has 15 heavy (non-hydrogen) atoms. The van der Waals surface area contributed by atoms with Crippen molar-refractivity contribution in [3.63, 3.8) is 0 Å². The third kappa shape index (κ3) is 2.86. The van der Waals surface area contributed by atoms with Crippen molar-refractivity contribution in [2.24, 2.45) is 0 Å². The highest BCUT2D eigenvalue weighted by atomic mass is 35.5. The SMILES string of the molecule is CC(=O)c1cc(Cl)c(OC(F)F)cc1F. The van der Waals surface area contributed by atoms with Gasteiger partial charge < -0.3 is 4.74 Å². The Morgan fingerprint density at radius 3 is 2.53 bits per heavy atom. The molecule has 0 radical (unpaired) electrons. The standard InChI is InChI=1S/C9H6ClF3O2/c1-4(14)5-2-6(10)8(3-7(5)11)15-9(12)13/h2-3,9H,1H3. The number of carbonyl (C=O) groups is 1. The number of ketones is 1. The van der Waals surface area contributed by atoms with Gasteiger partial charge in [0.25, 0.3) is 0 Å². The van der Waals surface area contributed by atoms with E-state index in [0.29, 0.717) is 6.07 Å². The van der Waals surface area contributed by atoms with Crippen molar-refractivity contribution in [3.8, 4) is 5.75 Å². The van der Waals surface area contributed by atoms with Crippen LogP contribution in [-0.2, 0) is 0 Å². The van der Waals surface area contributed by atoms with Gasteiger partial charge in [0.15, 0.2) is 5.78 Å². The number of halogens is 4. The Balaban J connectivity index is 3.13. The summed E-state index contributed by atoms with van der Waals surface area (Å²) in [6.07, 6.45) is 0. The van der Waals surface area contributed by atoms with Gasteiger partial charge in [0.2, 0.25) is 0 Å². The third-order valence-electron chi connectivity index (χ3n) is 1.62. The first kappa shape index (κ1) is 11.8. The molecule has 6 heteroatoms. The molecule has 0 atom stereocenters. The number of Topliss-reactive ketones (excluding diaryl/α,β-unsaturated/α-hetero) is 1. The van der Waals surface area contributed by atoms with E-state index < -0.39 is 24.0 Å². The smallest absolute Gasteiger partial charge is 0.387 e. The molecule has 0 aliphatic rings. The summed E-state index contributed by atoms with van der Waals surface area (Å²) in [5, 5.41) is -0.234. The zero-order chi connectivity index (χ0) is 11.6. The molecule has 0 saturated carbocycles. The molecular formula is C9H6ClF3O2. The van der Waals surface area contributed by atoms with Crippen molar-refractivity contribution in [3.05, 3.63) is 28.5 Å². The molecule has 1 aromatic carbocycles. The molecule has 0 amide bonds. The number of rotatable bonds is 3. The van der Waals surface area contributed by atoms with Gasteiger partial charge >= 0.3 is 6.61 Å². The van der Waals surface area contributed by atoms with Crippen molar-refractivity contribution in [2.45, 2.75) is 13.5 Å². The van der Waals surface area contributed by atoms with Crippen molar-refractivity contribution < 1.29 is 22.7 Å².